The van der Waals surface area contributed by atoms with Gasteiger partial charge < -0.3 is 5.32 Å². The summed E-state index contributed by atoms with van der Waals surface area (Å²) in [7, 11) is -3.85. The van der Waals surface area contributed by atoms with Gasteiger partial charge in [-0.3, -0.25) is 9.52 Å². The fraction of sp³-hybridized carbons (Fsp3) is 0.154. The minimum atomic E-state index is -3.85. The van der Waals surface area contributed by atoms with E-state index in [1.165, 1.54) is 12.1 Å². The lowest BCUT2D eigenvalue weighted by Crippen LogP contribution is -2.16. The number of rotatable bonds is 6. The third kappa shape index (κ3) is 4.87. The number of amides is 1. The summed E-state index contributed by atoms with van der Waals surface area (Å²) in [5, 5.41) is 7.46. The van der Waals surface area contributed by atoms with Crippen LogP contribution in [0.1, 0.15) is 32.9 Å². The molecule has 0 fully saturated rings. The lowest BCUT2D eigenvalue weighted by molar-refractivity contribution is 0.102. The van der Waals surface area contributed by atoms with Gasteiger partial charge in [0.1, 0.15) is 0 Å². The highest BCUT2D eigenvalue weighted by Crippen LogP contribution is 2.24. The molecule has 34 heavy (non-hydrogen) atoms. The monoisotopic (exact) mass is 474 g/mol. The van der Waals surface area contributed by atoms with Gasteiger partial charge in [0, 0.05) is 11.3 Å². The summed E-state index contributed by atoms with van der Waals surface area (Å²) in [6.07, 6.45) is 0. The number of nitrogens with zero attached hydrogens (tertiary/aromatic N) is 2. The van der Waals surface area contributed by atoms with Crippen molar-refractivity contribution in [3.05, 3.63) is 101 Å². The minimum Gasteiger partial charge on any atom is -0.319 e. The number of hydrogen-bond donors (Lipinski definition) is 2. The number of benzene rings is 3. The van der Waals surface area contributed by atoms with Gasteiger partial charge in [-0.15, -0.1) is 0 Å². The topological polar surface area (TPSA) is 93.1 Å². The van der Waals surface area contributed by atoms with Gasteiger partial charge in [-0.25, -0.2) is 13.1 Å². The fourth-order valence-corrected chi connectivity index (χ4v) is 4.69. The van der Waals surface area contributed by atoms with E-state index in [9.17, 15) is 13.2 Å². The molecule has 2 N–H and O–H groups in total. The molecule has 7 nitrogen and oxygen atoms in total. The van der Waals surface area contributed by atoms with Crippen LogP contribution >= 0.6 is 0 Å². The molecule has 0 aliphatic carbocycles. The first-order chi connectivity index (χ1) is 16.1. The Balaban J connectivity index is 1.57. The molecular weight excluding hydrogens is 448 g/mol. The van der Waals surface area contributed by atoms with E-state index in [1.54, 1.807) is 28.9 Å². The maximum atomic E-state index is 13.0. The van der Waals surface area contributed by atoms with Crippen LogP contribution in [0.5, 0.6) is 0 Å². The molecule has 4 aromatic rings. The number of carbonyl (C=O) groups is 1. The standard InChI is InChI=1S/C26H26N4O3S/c1-17-8-12-22(13-9-17)29-34(32,33)24-7-5-6-21(16-24)26(31)27-25-19(3)28-30(20(25)4)23-14-10-18(2)11-15-23/h5-16,29H,1-4H3,(H,27,31). The van der Waals surface area contributed by atoms with Crippen molar-refractivity contribution in [3.63, 3.8) is 0 Å². The van der Waals surface area contributed by atoms with Crippen molar-refractivity contribution >= 4 is 27.3 Å². The molecule has 4 rings (SSSR count). The molecule has 0 aliphatic heterocycles. The first-order valence-electron chi connectivity index (χ1n) is 10.8. The minimum absolute atomic E-state index is 0.00418. The lowest BCUT2D eigenvalue weighted by Gasteiger charge is -2.11. The highest BCUT2D eigenvalue weighted by atomic mass is 32.2. The summed E-state index contributed by atoms with van der Waals surface area (Å²) >= 11 is 0. The Labute approximate surface area is 199 Å². The van der Waals surface area contributed by atoms with Crippen LogP contribution in [0.25, 0.3) is 5.69 Å². The third-order valence-electron chi connectivity index (χ3n) is 5.52. The average molecular weight is 475 g/mol. The smallest absolute Gasteiger partial charge is 0.261 e. The summed E-state index contributed by atoms with van der Waals surface area (Å²) < 4.78 is 30.0. The third-order valence-corrected chi connectivity index (χ3v) is 6.90. The predicted octanol–water partition coefficient (Wildman–Crippen LogP) is 5.16. The number of anilines is 2. The molecule has 0 saturated heterocycles. The number of hydrogen-bond acceptors (Lipinski definition) is 4. The van der Waals surface area contributed by atoms with Gasteiger partial charge in [0.05, 0.1) is 27.7 Å². The number of carbonyl (C=O) groups excluding carboxylic acids is 1. The number of nitrogens with one attached hydrogen (secondary N) is 2. The van der Waals surface area contributed by atoms with Gasteiger partial charge in [0.15, 0.2) is 0 Å². The molecular formula is C26H26N4O3S. The molecule has 0 radical (unpaired) electrons. The normalized spacial score (nSPS) is 11.3. The number of aromatic nitrogens is 2. The van der Waals surface area contributed by atoms with Crippen molar-refractivity contribution in [2.45, 2.75) is 32.6 Å². The maximum Gasteiger partial charge on any atom is 0.261 e. The molecule has 0 atom stereocenters. The van der Waals surface area contributed by atoms with E-state index >= 15 is 0 Å². The highest BCUT2D eigenvalue weighted by Gasteiger charge is 2.19. The van der Waals surface area contributed by atoms with Crippen LogP contribution in [0.4, 0.5) is 11.4 Å². The van der Waals surface area contributed by atoms with Crippen molar-refractivity contribution in [1.29, 1.82) is 0 Å². The quantitative estimate of drug-likeness (QED) is 0.404. The van der Waals surface area contributed by atoms with Gasteiger partial charge in [-0.05, 0) is 70.2 Å². The molecule has 0 bridgehead atoms. The van der Waals surface area contributed by atoms with E-state index in [0.29, 0.717) is 17.1 Å². The Bertz CT molecular complexity index is 1460. The molecule has 174 valence electrons. The van der Waals surface area contributed by atoms with Gasteiger partial charge in [0.25, 0.3) is 15.9 Å². The lowest BCUT2D eigenvalue weighted by atomic mass is 10.2. The van der Waals surface area contributed by atoms with E-state index in [1.807, 2.05) is 64.1 Å². The van der Waals surface area contributed by atoms with Crippen molar-refractivity contribution < 1.29 is 13.2 Å². The van der Waals surface area contributed by atoms with Crippen LogP contribution in [-0.2, 0) is 10.0 Å². The van der Waals surface area contributed by atoms with Crippen LogP contribution in [0.3, 0.4) is 0 Å². The van der Waals surface area contributed by atoms with E-state index in [0.717, 1.165) is 22.5 Å². The summed E-state index contributed by atoms with van der Waals surface area (Å²) in [6.45, 7) is 7.64. The average Bonchev–Trinajstić information content (AvgIpc) is 3.09. The van der Waals surface area contributed by atoms with Crippen molar-refractivity contribution in [1.82, 2.24) is 9.78 Å². The predicted molar refractivity (Wildman–Crippen MR) is 134 cm³/mol. The molecule has 0 unspecified atom stereocenters. The summed E-state index contributed by atoms with van der Waals surface area (Å²) in [5.74, 6) is -0.415. The molecule has 1 aromatic heterocycles. The van der Waals surface area contributed by atoms with Crippen LogP contribution in [0.15, 0.2) is 77.7 Å². The van der Waals surface area contributed by atoms with E-state index < -0.39 is 15.9 Å². The second-order valence-corrected chi connectivity index (χ2v) is 9.93. The second-order valence-electron chi connectivity index (χ2n) is 8.25. The Morgan fingerprint density at radius 2 is 1.47 bits per heavy atom. The van der Waals surface area contributed by atoms with Gasteiger partial charge >= 0.3 is 0 Å². The Morgan fingerprint density at radius 3 is 2.12 bits per heavy atom. The molecule has 0 aliphatic rings. The highest BCUT2D eigenvalue weighted by molar-refractivity contribution is 7.92. The zero-order valence-electron chi connectivity index (χ0n) is 19.5. The van der Waals surface area contributed by atoms with Crippen LogP contribution < -0.4 is 10.0 Å². The van der Waals surface area contributed by atoms with Crippen molar-refractivity contribution in [2.75, 3.05) is 10.0 Å². The molecule has 0 saturated carbocycles. The van der Waals surface area contributed by atoms with Crippen LogP contribution in [0, 0.1) is 27.7 Å². The van der Waals surface area contributed by atoms with E-state index in [-0.39, 0.29) is 10.5 Å². The molecule has 1 amide bonds. The Morgan fingerprint density at radius 1 is 0.853 bits per heavy atom. The van der Waals surface area contributed by atoms with E-state index in [2.05, 4.69) is 15.1 Å². The Hall–Kier alpha value is -3.91. The SMILES string of the molecule is Cc1ccc(NS(=O)(=O)c2cccc(C(=O)Nc3c(C)nn(-c4ccc(C)cc4)c3C)c2)cc1. The first kappa shape index (κ1) is 23.3. The molecule has 3 aromatic carbocycles. The second kappa shape index (κ2) is 9.15. The Kier molecular flexibility index (Phi) is 6.26. The summed E-state index contributed by atoms with van der Waals surface area (Å²) in [6, 6.07) is 20.9. The fourth-order valence-electron chi connectivity index (χ4n) is 3.59. The zero-order chi connectivity index (χ0) is 24.5. The largest absolute Gasteiger partial charge is 0.319 e. The number of aryl methyl sites for hydroxylation is 3. The van der Waals surface area contributed by atoms with Crippen molar-refractivity contribution in [3.8, 4) is 5.69 Å². The zero-order valence-corrected chi connectivity index (χ0v) is 20.3. The summed E-state index contributed by atoms with van der Waals surface area (Å²) in [4.78, 5) is 13.0. The van der Waals surface area contributed by atoms with E-state index in [4.69, 9.17) is 0 Å². The number of sulfonamides is 1. The molecule has 0 spiro atoms. The van der Waals surface area contributed by atoms with Gasteiger partial charge in [-0.2, -0.15) is 5.10 Å². The molecule has 8 heteroatoms. The first-order valence-corrected chi connectivity index (χ1v) is 12.3. The summed E-state index contributed by atoms with van der Waals surface area (Å²) in [5.41, 5.74) is 5.78. The van der Waals surface area contributed by atoms with Crippen molar-refractivity contribution in [2.24, 2.45) is 0 Å². The maximum absolute atomic E-state index is 13.0. The van der Waals surface area contributed by atoms with Gasteiger partial charge in [-0.1, -0.05) is 41.5 Å². The van der Waals surface area contributed by atoms with Gasteiger partial charge in [0.2, 0.25) is 0 Å². The van der Waals surface area contributed by atoms with Crippen LogP contribution in [-0.4, -0.2) is 24.1 Å². The van der Waals surface area contributed by atoms with Crippen LogP contribution in [0.2, 0.25) is 0 Å². The molecule has 1 heterocycles.